The number of H-pyrrole nitrogens is 1. The Kier molecular flexibility index (Phi) is 5.31. The third kappa shape index (κ3) is 3.78. The van der Waals surface area contributed by atoms with Gasteiger partial charge < -0.3 is 10.7 Å². The molecule has 9 heteroatoms. The quantitative estimate of drug-likeness (QED) is 0.772. The molecule has 0 saturated carbocycles. The molecule has 2 aromatic rings. The number of guanidine groups is 1. The number of nitrogens with two attached hydrogens (primary N) is 1. The van der Waals surface area contributed by atoms with Gasteiger partial charge in [0.1, 0.15) is 17.2 Å². The van der Waals surface area contributed by atoms with Crippen molar-refractivity contribution in [3.63, 3.8) is 0 Å². The zero-order valence-corrected chi connectivity index (χ0v) is 17.7. The fourth-order valence-corrected chi connectivity index (χ4v) is 4.34. The molecule has 2 heterocycles. The number of hydrogen-bond donors (Lipinski definition) is 2. The number of sulfonamides is 1. The molecule has 3 rings (SSSR count). The number of nitrogens with zero attached hydrogens (tertiary/aromatic N) is 3. The predicted octanol–water partition coefficient (Wildman–Crippen LogP) is 2.83. The lowest BCUT2D eigenvalue weighted by molar-refractivity contribution is 0.458. The van der Waals surface area contributed by atoms with Crippen LogP contribution in [0.5, 0.6) is 0 Å². The lowest BCUT2D eigenvalue weighted by Gasteiger charge is -2.34. The van der Waals surface area contributed by atoms with E-state index in [2.05, 4.69) is 15.0 Å². The number of aromatic amines is 1. The van der Waals surface area contributed by atoms with Crippen LogP contribution in [0.15, 0.2) is 17.1 Å². The Hall–Kier alpha value is -2.16. The molecule has 1 aliphatic rings. The standard InChI is InChI=1S/C16H22FN5O2S.C2H6/c1-15(2,3)13-19-11-6-9(10(17)7-12(11)20-13)16(4)8-25(23,24)22(5)14(18)21-16;1-2/h6-7H,8H2,1-5H3,(H2,18,21)(H,19,20);1-2H3/t16-;/m0./s1. The van der Waals surface area contributed by atoms with Gasteiger partial charge >= 0.3 is 0 Å². The van der Waals surface area contributed by atoms with Crippen molar-refractivity contribution in [1.29, 1.82) is 0 Å². The second-order valence-corrected chi connectivity index (χ2v) is 9.65. The van der Waals surface area contributed by atoms with Gasteiger partial charge in [-0.15, -0.1) is 0 Å². The Balaban J connectivity index is 0.00000126. The Morgan fingerprint density at radius 1 is 1.30 bits per heavy atom. The van der Waals surface area contributed by atoms with E-state index in [0.29, 0.717) is 11.0 Å². The van der Waals surface area contributed by atoms with E-state index >= 15 is 0 Å². The summed E-state index contributed by atoms with van der Waals surface area (Å²) in [7, 11) is -2.34. The van der Waals surface area contributed by atoms with Gasteiger partial charge in [0.15, 0.2) is 0 Å². The minimum atomic E-state index is -3.67. The number of aromatic nitrogens is 2. The zero-order chi connectivity index (χ0) is 20.8. The first-order valence-electron chi connectivity index (χ1n) is 8.86. The van der Waals surface area contributed by atoms with Crippen molar-refractivity contribution in [3.05, 3.63) is 29.3 Å². The summed E-state index contributed by atoms with van der Waals surface area (Å²) in [6.45, 7) is 11.6. The fraction of sp³-hybridized carbons (Fsp3) is 0.556. The lowest BCUT2D eigenvalue weighted by Crippen LogP contribution is -2.50. The van der Waals surface area contributed by atoms with Gasteiger partial charge in [-0.05, 0) is 13.0 Å². The van der Waals surface area contributed by atoms with Crippen molar-refractivity contribution in [2.45, 2.75) is 52.5 Å². The number of benzene rings is 1. The second-order valence-electron chi connectivity index (χ2n) is 7.65. The van der Waals surface area contributed by atoms with E-state index in [1.165, 1.54) is 13.1 Å². The molecule has 1 atom stereocenters. The normalized spacial score (nSPS) is 22.2. The molecule has 0 radical (unpaired) electrons. The van der Waals surface area contributed by atoms with Gasteiger partial charge in [-0.2, -0.15) is 0 Å². The van der Waals surface area contributed by atoms with Gasteiger partial charge in [0, 0.05) is 24.1 Å². The maximum absolute atomic E-state index is 14.8. The third-order valence-electron chi connectivity index (χ3n) is 4.43. The van der Waals surface area contributed by atoms with Crippen LogP contribution in [-0.2, 0) is 21.0 Å². The average Bonchev–Trinajstić information content (AvgIpc) is 2.96. The van der Waals surface area contributed by atoms with Gasteiger partial charge in [-0.25, -0.2) is 27.1 Å². The van der Waals surface area contributed by atoms with Crippen molar-refractivity contribution in [2.24, 2.45) is 10.7 Å². The second kappa shape index (κ2) is 6.78. The molecule has 0 bridgehead atoms. The van der Waals surface area contributed by atoms with E-state index < -0.39 is 21.4 Å². The van der Waals surface area contributed by atoms with Crippen molar-refractivity contribution >= 4 is 27.0 Å². The fourth-order valence-electron chi connectivity index (χ4n) is 2.89. The minimum Gasteiger partial charge on any atom is -0.369 e. The first kappa shape index (κ1) is 21.1. The van der Waals surface area contributed by atoms with Gasteiger partial charge in [-0.1, -0.05) is 34.6 Å². The molecule has 0 unspecified atom stereocenters. The molecule has 1 aliphatic heterocycles. The van der Waals surface area contributed by atoms with Crippen molar-refractivity contribution in [3.8, 4) is 0 Å². The highest BCUT2D eigenvalue weighted by Crippen LogP contribution is 2.35. The summed E-state index contributed by atoms with van der Waals surface area (Å²) in [6.07, 6.45) is 0. The Labute approximate surface area is 159 Å². The minimum absolute atomic E-state index is 0.159. The highest BCUT2D eigenvalue weighted by Gasteiger charge is 2.42. The van der Waals surface area contributed by atoms with Crippen LogP contribution >= 0.6 is 0 Å². The van der Waals surface area contributed by atoms with Crippen molar-refractivity contribution in [1.82, 2.24) is 14.3 Å². The molecule has 150 valence electrons. The number of halogens is 1. The van der Waals surface area contributed by atoms with Gasteiger partial charge in [0.2, 0.25) is 16.0 Å². The summed E-state index contributed by atoms with van der Waals surface area (Å²) in [6, 6.07) is 2.88. The van der Waals surface area contributed by atoms with E-state index in [9.17, 15) is 12.8 Å². The van der Waals surface area contributed by atoms with E-state index in [1.54, 1.807) is 13.0 Å². The summed E-state index contributed by atoms with van der Waals surface area (Å²) in [5.74, 6) is -0.352. The zero-order valence-electron chi connectivity index (χ0n) is 16.9. The van der Waals surface area contributed by atoms with Gasteiger partial charge in [0.05, 0.1) is 16.8 Å². The first-order chi connectivity index (χ1) is 12.3. The molecular formula is C18H28FN5O2S. The monoisotopic (exact) mass is 397 g/mol. The summed E-state index contributed by atoms with van der Waals surface area (Å²) in [5.41, 5.74) is 5.51. The van der Waals surface area contributed by atoms with Crippen LogP contribution in [-0.4, -0.2) is 41.5 Å². The predicted molar refractivity (Wildman–Crippen MR) is 107 cm³/mol. The molecule has 0 spiro atoms. The molecule has 0 aliphatic carbocycles. The summed E-state index contributed by atoms with van der Waals surface area (Å²) in [5, 5.41) is 0. The Bertz CT molecular complexity index is 991. The van der Waals surface area contributed by atoms with E-state index in [-0.39, 0.29) is 22.7 Å². The number of nitrogens with one attached hydrogen (secondary N) is 1. The average molecular weight is 398 g/mol. The maximum atomic E-state index is 14.8. The summed E-state index contributed by atoms with van der Waals surface area (Å²) in [4.78, 5) is 11.9. The molecule has 7 nitrogen and oxygen atoms in total. The van der Waals surface area contributed by atoms with E-state index in [1.807, 2.05) is 34.6 Å². The SMILES string of the molecule is CC.CN1C(N)=N[C@](C)(c2cc3[nH]c(C(C)(C)C)nc3cc2F)CS1(=O)=O. The largest absolute Gasteiger partial charge is 0.369 e. The highest BCUT2D eigenvalue weighted by atomic mass is 32.2. The molecule has 1 aromatic heterocycles. The van der Waals surface area contributed by atoms with Crippen molar-refractivity contribution in [2.75, 3.05) is 12.8 Å². The summed E-state index contributed by atoms with van der Waals surface area (Å²) >= 11 is 0. The Morgan fingerprint density at radius 2 is 1.89 bits per heavy atom. The highest BCUT2D eigenvalue weighted by molar-refractivity contribution is 7.89. The van der Waals surface area contributed by atoms with Crippen LogP contribution in [0.4, 0.5) is 4.39 Å². The maximum Gasteiger partial charge on any atom is 0.239 e. The molecule has 0 fully saturated rings. The number of rotatable bonds is 1. The van der Waals surface area contributed by atoms with Crippen LogP contribution < -0.4 is 5.73 Å². The first-order valence-corrected chi connectivity index (χ1v) is 10.5. The molecule has 1 aromatic carbocycles. The molecular weight excluding hydrogens is 369 g/mol. The topological polar surface area (TPSA) is 104 Å². The van der Waals surface area contributed by atoms with Gasteiger partial charge in [-0.3, -0.25) is 0 Å². The van der Waals surface area contributed by atoms with E-state index in [4.69, 9.17) is 5.73 Å². The van der Waals surface area contributed by atoms with Crippen LogP contribution in [0.1, 0.15) is 52.9 Å². The Morgan fingerprint density at radius 3 is 2.41 bits per heavy atom. The number of fused-ring (bicyclic) bond motifs is 1. The van der Waals surface area contributed by atoms with Crippen LogP contribution in [0.2, 0.25) is 0 Å². The van der Waals surface area contributed by atoms with Crippen LogP contribution in [0.3, 0.4) is 0 Å². The molecule has 0 amide bonds. The number of aliphatic imine (C=N–C) groups is 1. The molecule has 3 N–H and O–H groups in total. The number of hydrogen-bond acceptors (Lipinski definition) is 5. The van der Waals surface area contributed by atoms with Gasteiger partial charge in [0.25, 0.3) is 0 Å². The summed E-state index contributed by atoms with van der Waals surface area (Å²) < 4.78 is 40.3. The van der Waals surface area contributed by atoms with Crippen molar-refractivity contribution < 1.29 is 12.8 Å². The van der Waals surface area contributed by atoms with Crippen LogP contribution in [0, 0.1) is 5.82 Å². The molecule has 27 heavy (non-hydrogen) atoms. The van der Waals surface area contributed by atoms with Crippen LogP contribution in [0.25, 0.3) is 11.0 Å². The molecule has 0 saturated heterocycles. The smallest absolute Gasteiger partial charge is 0.239 e. The van der Waals surface area contributed by atoms with E-state index in [0.717, 1.165) is 10.1 Å². The lowest BCUT2D eigenvalue weighted by atomic mass is 9.93. The number of imidazole rings is 1. The third-order valence-corrected chi connectivity index (χ3v) is 6.37.